The van der Waals surface area contributed by atoms with Crippen LogP contribution in [0.4, 0.5) is 0 Å². The maximum Gasteiger partial charge on any atom is 0.135 e. The Labute approximate surface area is 263 Å². The van der Waals surface area contributed by atoms with Crippen molar-refractivity contribution >= 4 is 65.6 Å². The molecule has 0 aliphatic rings. The molecule has 0 fully saturated rings. The normalized spacial score (nSPS) is 12.9. The van der Waals surface area contributed by atoms with Crippen LogP contribution in [0.3, 0.4) is 0 Å². The molecule has 210 valence electrons. The fourth-order valence-corrected chi connectivity index (χ4v) is 7.10. The van der Waals surface area contributed by atoms with Crippen LogP contribution in [0.5, 0.6) is 0 Å². The quantitative estimate of drug-likeness (QED) is 0.205. The summed E-state index contributed by atoms with van der Waals surface area (Å²) in [5.74, 6) is 0. The lowest BCUT2D eigenvalue weighted by Crippen LogP contribution is -1.94. The lowest BCUT2D eigenvalue weighted by atomic mass is 10.0. The second-order valence-corrected chi connectivity index (χ2v) is 11.5. The molecule has 3 heteroatoms. The number of hydrogen-bond donors (Lipinski definition) is 0. The van der Waals surface area contributed by atoms with Crippen molar-refractivity contribution in [3.05, 3.63) is 158 Å². The van der Waals surface area contributed by atoms with E-state index in [2.05, 4.69) is 95.6 Å². The minimum Gasteiger partial charge on any atom is -0.456 e. The van der Waals surface area contributed by atoms with Crippen LogP contribution in [0.1, 0.15) is 4.11 Å². The molecule has 3 nitrogen and oxygen atoms in total. The van der Waals surface area contributed by atoms with E-state index in [0.29, 0.717) is 5.69 Å². The summed E-state index contributed by atoms with van der Waals surface area (Å²) >= 11 is 0. The van der Waals surface area contributed by atoms with Gasteiger partial charge in [-0.3, -0.25) is 0 Å². The first-order valence-corrected chi connectivity index (χ1v) is 15.1. The van der Waals surface area contributed by atoms with Crippen LogP contribution in [-0.2, 0) is 0 Å². The minimum absolute atomic E-state index is 0.0452. The second-order valence-electron chi connectivity index (χ2n) is 11.5. The monoisotopic (exact) mass is 577 g/mol. The first kappa shape index (κ1) is 21.6. The summed E-state index contributed by atoms with van der Waals surface area (Å²) in [6, 6.07) is 47.8. The number of fused-ring (bicyclic) bond motifs is 9. The van der Waals surface area contributed by atoms with Gasteiger partial charge in [0.15, 0.2) is 0 Å². The van der Waals surface area contributed by atoms with E-state index >= 15 is 0 Å². The van der Waals surface area contributed by atoms with E-state index in [-0.39, 0.29) is 18.1 Å². The molecule has 0 bridgehead atoms. The number of rotatable bonds is 3. The first-order chi connectivity index (χ1) is 23.5. The van der Waals surface area contributed by atoms with Crippen molar-refractivity contribution in [1.82, 2.24) is 9.13 Å². The number of para-hydroxylation sites is 4. The van der Waals surface area contributed by atoms with Crippen LogP contribution in [0.2, 0.25) is 0 Å². The van der Waals surface area contributed by atoms with Crippen LogP contribution in [-0.4, -0.2) is 9.13 Å². The van der Waals surface area contributed by atoms with Crippen molar-refractivity contribution in [2.75, 3.05) is 0 Å². The van der Waals surface area contributed by atoms with Gasteiger partial charge in [-0.05, 0) is 71.7 Å². The Morgan fingerprint density at radius 1 is 0.400 bits per heavy atom. The van der Waals surface area contributed by atoms with Gasteiger partial charge in [0, 0.05) is 43.7 Å². The molecule has 0 saturated heterocycles. The number of nitrogens with zero attached hydrogens (tertiary/aromatic N) is 2. The van der Waals surface area contributed by atoms with Crippen LogP contribution >= 0.6 is 0 Å². The molecule has 0 amide bonds. The van der Waals surface area contributed by atoms with Crippen LogP contribution in [0.25, 0.3) is 88.1 Å². The maximum absolute atomic E-state index is 8.78. The smallest absolute Gasteiger partial charge is 0.135 e. The lowest BCUT2D eigenvalue weighted by Gasteiger charge is -2.11. The molecule has 7 aromatic carbocycles. The molecule has 45 heavy (non-hydrogen) atoms. The van der Waals surface area contributed by atoms with Gasteiger partial charge < -0.3 is 13.6 Å². The molecule has 0 aliphatic heterocycles. The molecule has 0 atom stereocenters. The van der Waals surface area contributed by atoms with E-state index in [0.717, 1.165) is 71.6 Å². The minimum atomic E-state index is 0.0452. The standard InChI is InChI=1S/C42H26N2O/c1-2-10-29(11-3-1)43-37-15-7-4-12-31(37)33-21-18-27(24-39(33)43)28-19-22-34-32-13-5-8-16-38(32)44(40(34)25-28)30-20-23-42-36(26-30)35-14-6-9-17-41(35)45-42/h1-26H/i2D,10D,11D. The molecule has 0 unspecified atom stereocenters. The van der Waals surface area contributed by atoms with Gasteiger partial charge in [0.25, 0.3) is 0 Å². The summed E-state index contributed by atoms with van der Waals surface area (Å²) in [7, 11) is 0. The molecule has 3 heterocycles. The van der Waals surface area contributed by atoms with Crippen molar-refractivity contribution in [2.24, 2.45) is 0 Å². The molecule has 3 aromatic heterocycles. The van der Waals surface area contributed by atoms with Crippen LogP contribution in [0.15, 0.2) is 162 Å². The van der Waals surface area contributed by atoms with E-state index in [1.165, 1.54) is 16.8 Å². The molecule has 0 aliphatic carbocycles. The van der Waals surface area contributed by atoms with Crippen LogP contribution < -0.4 is 0 Å². The van der Waals surface area contributed by atoms with Crippen molar-refractivity contribution in [1.29, 1.82) is 0 Å². The molecule has 0 spiro atoms. The van der Waals surface area contributed by atoms with Crippen molar-refractivity contribution in [3.63, 3.8) is 0 Å². The molecular formula is C42H26N2O. The highest BCUT2D eigenvalue weighted by Crippen LogP contribution is 2.39. The van der Waals surface area contributed by atoms with Crippen molar-refractivity contribution in [3.8, 4) is 22.5 Å². The van der Waals surface area contributed by atoms with Gasteiger partial charge in [0.1, 0.15) is 11.2 Å². The molecule has 10 aromatic rings. The summed E-state index contributed by atoms with van der Waals surface area (Å²) < 4.78 is 36.4. The highest BCUT2D eigenvalue weighted by atomic mass is 16.3. The van der Waals surface area contributed by atoms with Gasteiger partial charge in [-0.1, -0.05) is 97.0 Å². The van der Waals surface area contributed by atoms with Gasteiger partial charge in [-0.15, -0.1) is 0 Å². The first-order valence-electron chi connectivity index (χ1n) is 16.6. The zero-order valence-electron chi connectivity index (χ0n) is 27.1. The van der Waals surface area contributed by atoms with E-state index in [4.69, 9.17) is 8.53 Å². The maximum atomic E-state index is 8.78. The summed E-state index contributed by atoms with van der Waals surface area (Å²) in [6.45, 7) is 0. The Kier molecular flexibility index (Phi) is 4.43. The van der Waals surface area contributed by atoms with Crippen LogP contribution in [0, 0.1) is 0 Å². The predicted molar refractivity (Wildman–Crippen MR) is 188 cm³/mol. The molecule has 0 N–H and O–H groups in total. The Morgan fingerprint density at radius 3 is 1.69 bits per heavy atom. The van der Waals surface area contributed by atoms with Gasteiger partial charge in [-0.25, -0.2) is 0 Å². The highest BCUT2D eigenvalue weighted by Gasteiger charge is 2.17. The van der Waals surface area contributed by atoms with E-state index in [1.54, 1.807) is 6.07 Å². The Morgan fingerprint density at radius 2 is 0.978 bits per heavy atom. The SMILES string of the molecule is [2H]c1ccc([2H])c(-n2c3ccccc3c3ccc(-c4ccc5c6ccccc6n(-c6ccc7oc8ccccc8c7c6)c5c4)cc32)c1[2H]. The fraction of sp³-hybridized carbons (Fsp3) is 0. The number of benzene rings is 7. The van der Waals surface area contributed by atoms with E-state index in [9.17, 15) is 0 Å². The average molecular weight is 578 g/mol. The number of aromatic nitrogens is 2. The zero-order valence-corrected chi connectivity index (χ0v) is 24.1. The summed E-state index contributed by atoms with van der Waals surface area (Å²) in [5, 5.41) is 6.63. The summed E-state index contributed by atoms with van der Waals surface area (Å²) in [5.41, 5.74) is 9.37. The van der Waals surface area contributed by atoms with Gasteiger partial charge in [0.05, 0.1) is 26.2 Å². The fourth-order valence-electron chi connectivity index (χ4n) is 7.10. The van der Waals surface area contributed by atoms with E-state index in [1.807, 2.05) is 41.0 Å². The average Bonchev–Trinajstić information content (AvgIpc) is 3.77. The number of furan rings is 1. The van der Waals surface area contributed by atoms with Gasteiger partial charge in [0.2, 0.25) is 0 Å². The summed E-state index contributed by atoms with van der Waals surface area (Å²) in [6.07, 6.45) is 0. The Balaban J connectivity index is 1.23. The molecule has 10 rings (SSSR count). The molecule has 0 radical (unpaired) electrons. The highest BCUT2D eigenvalue weighted by molar-refractivity contribution is 6.13. The van der Waals surface area contributed by atoms with Gasteiger partial charge >= 0.3 is 0 Å². The lowest BCUT2D eigenvalue weighted by molar-refractivity contribution is 0.669. The predicted octanol–water partition coefficient (Wildman–Crippen LogP) is 11.4. The van der Waals surface area contributed by atoms with E-state index < -0.39 is 0 Å². The Bertz CT molecular complexity index is 2950. The third-order valence-electron chi connectivity index (χ3n) is 9.10. The molecule has 0 saturated carbocycles. The van der Waals surface area contributed by atoms with Crippen molar-refractivity contribution in [2.45, 2.75) is 0 Å². The topological polar surface area (TPSA) is 23.0 Å². The van der Waals surface area contributed by atoms with Gasteiger partial charge in [-0.2, -0.15) is 0 Å². The third kappa shape index (κ3) is 3.52. The number of hydrogen-bond acceptors (Lipinski definition) is 1. The Hall–Kier alpha value is -6.06. The largest absolute Gasteiger partial charge is 0.456 e. The second kappa shape index (κ2) is 9.22. The van der Waals surface area contributed by atoms with Crippen molar-refractivity contribution < 1.29 is 8.53 Å². The third-order valence-corrected chi connectivity index (χ3v) is 9.10. The molecular weight excluding hydrogens is 548 g/mol. The zero-order chi connectivity index (χ0) is 32.1. The summed E-state index contributed by atoms with van der Waals surface area (Å²) in [4.78, 5) is 0.